The molecule has 8 heteroatoms. The Bertz CT molecular complexity index is 792. The zero-order valence-corrected chi connectivity index (χ0v) is 14.4. The van der Waals surface area contributed by atoms with Gasteiger partial charge in [0.05, 0.1) is 17.3 Å². The van der Waals surface area contributed by atoms with Crippen molar-refractivity contribution in [1.82, 2.24) is 15.3 Å². The molecule has 0 saturated carbocycles. The van der Waals surface area contributed by atoms with E-state index < -0.39 is 0 Å². The van der Waals surface area contributed by atoms with Crippen LogP contribution in [0, 0.1) is 0 Å². The van der Waals surface area contributed by atoms with Crippen LogP contribution in [0.5, 0.6) is 0 Å². The first-order valence-electron chi connectivity index (χ1n) is 8.37. The van der Waals surface area contributed by atoms with Crippen LogP contribution in [0.15, 0.2) is 30.5 Å². The number of para-hydroxylation sites is 1. The van der Waals surface area contributed by atoms with Gasteiger partial charge in [-0.2, -0.15) is 4.98 Å². The highest BCUT2D eigenvalue weighted by Crippen LogP contribution is 2.31. The molecule has 2 aliphatic heterocycles. The van der Waals surface area contributed by atoms with Gasteiger partial charge in [0.15, 0.2) is 0 Å². The van der Waals surface area contributed by atoms with Crippen molar-refractivity contribution < 1.29 is 4.79 Å². The van der Waals surface area contributed by atoms with Crippen LogP contribution in [-0.2, 0) is 6.54 Å². The fraction of sp³-hybridized carbons (Fsp3) is 0.353. The van der Waals surface area contributed by atoms with E-state index in [1.54, 1.807) is 17.2 Å². The minimum absolute atomic E-state index is 0.243. The maximum absolute atomic E-state index is 12.5. The van der Waals surface area contributed by atoms with Crippen LogP contribution < -0.4 is 20.9 Å². The van der Waals surface area contributed by atoms with Crippen molar-refractivity contribution in [3.8, 4) is 0 Å². The number of hydrogen-bond acceptors (Lipinski definition) is 5. The Morgan fingerprint density at radius 3 is 2.84 bits per heavy atom. The number of nitrogens with one attached hydrogen (secondary N) is 3. The van der Waals surface area contributed by atoms with Crippen molar-refractivity contribution in [2.24, 2.45) is 0 Å². The minimum atomic E-state index is -0.243. The number of carbonyl (C=O) groups excluding carboxylic acids is 1. The predicted octanol–water partition coefficient (Wildman–Crippen LogP) is 2.85. The Balaban J connectivity index is 1.54. The molecule has 2 aliphatic rings. The van der Waals surface area contributed by atoms with Crippen molar-refractivity contribution in [2.45, 2.75) is 25.4 Å². The summed E-state index contributed by atoms with van der Waals surface area (Å²) in [5.41, 5.74) is 1.53. The number of halogens is 1. The Hall–Kier alpha value is -2.38. The molecular formula is C17H19ClN6O. The first-order valence-corrected chi connectivity index (χ1v) is 8.75. The van der Waals surface area contributed by atoms with Crippen LogP contribution >= 0.6 is 11.6 Å². The first kappa shape index (κ1) is 16.1. The van der Waals surface area contributed by atoms with Crippen LogP contribution in [0.4, 0.5) is 22.2 Å². The lowest BCUT2D eigenvalue weighted by molar-refractivity contribution is 0.256. The van der Waals surface area contributed by atoms with Gasteiger partial charge < -0.3 is 10.6 Å². The monoisotopic (exact) mass is 358 g/mol. The van der Waals surface area contributed by atoms with Crippen molar-refractivity contribution >= 4 is 35.1 Å². The molecule has 0 bridgehead atoms. The second kappa shape index (κ2) is 6.85. The lowest BCUT2D eigenvalue weighted by Crippen LogP contribution is -2.40. The standard InChI is InChI=1S/C17H19ClN6O/c18-13-3-1-2-4-14(13)24-10-11-9-20-16(22-15(11)23-17(24)25)21-12-5-7-19-8-6-12/h1-4,9,12,19H,5-8,10H2,(H2,20,21,22,23,25). The van der Waals surface area contributed by atoms with E-state index in [9.17, 15) is 4.79 Å². The highest BCUT2D eigenvalue weighted by molar-refractivity contribution is 6.34. The molecule has 2 amide bonds. The van der Waals surface area contributed by atoms with Gasteiger partial charge >= 0.3 is 6.03 Å². The highest BCUT2D eigenvalue weighted by Gasteiger charge is 2.27. The quantitative estimate of drug-likeness (QED) is 0.786. The number of rotatable bonds is 3. The number of hydrogen-bond donors (Lipinski definition) is 3. The second-order valence-electron chi connectivity index (χ2n) is 6.20. The van der Waals surface area contributed by atoms with E-state index in [4.69, 9.17) is 11.6 Å². The van der Waals surface area contributed by atoms with E-state index >= 15 is 0 Å². The maximum atomic E-state index is 12.5. The highest BCUT2D eigenvalue weighted by atomic mass is 35.5. The molecule has 1 fully saturated rings. The summed E-state index contributed by atoms with van der Waals surface area (Å²) >= 11 is 6.22. The van der Waals surface area contributed by atoms with E-state index in [2.05, 4.69) is 25.9 Å². The molecule has 25 heavy (non-hydrogen) atoms. The molecule has 3 heterocycles. The summed E-state index contributed by atoms with van der Waals surface area (Å²) in [5, 5.41) is 10.0. The van der Waals surface area contributed by atoms with Crippen molar-refractivity contribution in [3.63, 3.8) is 0 Å². The first-order chi connectivity index (χ1) is 12.2. The molecule has 0 spiro atoms. The van der Waals surface area contributed by atoms with Gasteiger partial charge in [0.1, 0.15) is 5.82 Å². The van der Waals surface area contributed by atoms with E-state index in [1.165, 1.54) is 0 Å². The molecule has 0 unspecified atom stereocenters. The topological polar surface area (TPSA) is 82.2 Å². The van der Waals surface area contributed by atoms with Gasteiger partial charge in [-0.3, -0.25) is 10.2 Å². The van der Waals surface area contributed by atoms with E-state index in [0.717, 1.165) is 31.5 Å². The number of carbonyl (C=O) groups is 1. The fourth-order valence-electron chi connectivity index (χ4n) is 3.13. The van der Waals surface area contributed by atoms with Crippen LogP contribution in [0.3, 0.4) is 0 Å². The number of benzene rings is 1. The number of anilines is 3. The van der Waals surface area contributed by atoms with Crippen LogP contribution in [0.2, 0.25) is 5.02 Å². The number of piperidine rings is 1. The second-order valence-corrected chi connectivity index (χ2v) is 6.61. The predicted molar refractivity (Wildman–Crippen MR) is 98.2 cm³/mol. The summed E-state index contributed by atoms with van der Waals surface area (Å²) in [6.45, 7) is 2.37. The van der Waals surface area contributed by atoms with Gasteiger partial charge in [0.2, 0.25) is 5.95 Å². The Morgan fingerprint density at radius 2 is 2.04 bits per heavy atom. The average Bonchev–Trinajstić information content (AvgIpc) is 2.63. The summed E-state index contributed by atoms with van der Waals surface area (Å²) in [7, 11) is 0. The van der Waals surface area contributed by atoms with E-state index in [-0.39, 0.29) is 6.03 Å². The van der Waals surface area contributed by atoms with Gasteiger partial charge in [-0.25, -0.2) is 9.78 Å². The molecule has 0 atom stereocenters. The van der Waals surface area contributed by atoms with Crippen molar-refractivity contribution in [2.75, 3.05) is 28.6 Å². The third-order valence-electron chi connectivity index (χ3n) is 4.48. The normalized spacial score (nSPS) is 17.8. The van der Waals surface area contributed by atoms with Gasteiger partial charge in [0.25, 0.3) is 0 Å². The van der Waals surface area contributed by atoms with E-state index in [1.807, 2.05) is 18.2 Å². The zero-order valence-electron chi connectivity index (χ0n) is 13.6. The lowest BCUT2D eigenvalue weighted by atomic mass is 10.1. The molecule has 1 aromatic carbocycles. The minimum Gasteiger partial charge on any atom is -0.351 e. The summed E-state index contributed by atoms with van der Waals surface area (Å²) < 4.78 is 0. The molecular weight excluding hydrogens is 340 g/mol. The smallest absolute Gasteiger partial charge is 0.327 e. The van der Waals surface area contributed by atoms with Gasteiger partial charge in [-0.1, -0.05) is 23.7 Å². The maximum Gasteiger partial charge on any atom is 0.327 e. The van der Waals surface area contributed by atoms with Crippen LogP contribution in [0.25, 0.3) is 0 Å². The molecule has 1 saturated heterocycles. The number of aromatic nitrogens is 2. The Labute approximate surface area is 150 Å². The van der Waals surface area contributed by atoms with Crippen molar-refractivity contribution in [1.29, 1.82) is 0 Å². The Morgan fingerprint density at radius 1 is 1.24 bits per heavy atom. The molecule has 1 aromatic heterocycles. The zero-order chi connectivity index (χ0) is 17.2. The SMILES string of the molecule is O=C1Nc2nc(NC3CCNCC3)ncc2CN1c1ccccc1Cl. The Kier molecular flexibility index (Phi) is 4.42. The molecule has 7 nitrogen and oxygen atoms in total. The summed E-state index contributed by atoms with van der Waals surface area (Å²) in [5.74, 6) is 1.11. The summed E-state index contributed by atoms with van der Waals surface area (Å²) in [4.78, 5) is 23.0. The van der Waals surface area contributed by atoms with Gasteiger partial charge in [-0.15, -0.1) is 0 Å². The molecule has 4 rings (SSSR count). The van der Waals surface area contributed by atoms with Gasteiger partial charge in [-0.05, 0) is 38.1 Å². The number of nitrogens with zero attached hydrogens (tertiary/aromatic N) is 3. The fourth-order valence-corrected chi connectivity index (χ4v) is 3.36. The summed E-state index contributed by atoms with van der Waals surface area (Å²) in [6.07, 6.45) is 3.83. The third-order valence-corrected chi connectivity index (χ3v) is 4.80. The molecule has 3 N–H and O–H groups in total. The molecule has 0 aliphatic carbocycles. The number of urea groups is 1. The average molecular weight is 359 g/mol. The number of amides is 2. The largest absolute Gasteiger partial charge is 0.351 e. The molecule has 2 aromatic rings. The van der Waals surface area contributed by atoms with E-state index in [0.29, 0.717) is 35.1 Å². The molecule has 0 radical (unpaired) electrons. The molecule has 130 valence electrons. The van der Waals surface area contributed by atoms with Crippen molar-refractivity contribution in [3.05, 3.63) is 41.0 Å². The third kappa shape index (κ3) is 3.38. The van der Waals surface area contributed by atoms with Crippen LogP contribution in [0.1, 0.15) is 18.4 Å². The summed E-state index contributed by atoms with van der Waals surface area (Å²) in [6, 6.07) is 7.39. The lowest BCUT2D eigenvalue weighted by Gasteiger charge is -2.29. The number of fused-ring (bicyclic) bond motifs is 1. The van der Waals surface area contributed by atoms with Crippen LogP contribution in [-0.4, -0.2) is 35.1 Å². The van der Waals surface area contributed by atoms with Gasteiger partial charge in [0, 0.05) is 17.8 Å².